The van der Waals surface area contributed by atoms with Crippen LogP contribution in [0, 0.1) is 4.91 Å². The van der Waals surface area contributed by atoms with E-state index in [4.69, 9.17) is 15.0 Å². The minimum absolute atomic E-state index is 0.126. The summed E-state index contributed by atoms with van der Waals surface area (Å²) in [4.78, 5) is 62.7. The molecule has 0 N–H and O–H groups in total. The molecule has 0 aliphatic carbocycles. The summed E-state index contributed by atoms with van der Waals surface area (Å²) in [7, 11) is 0. The number of hydrogen-bond donors (Lipinski definition) is 0. The number of aldehydes is 3. The van der Waals surface area contributed by atoms with Gasteiger partial charge >= 0.3 is 0 Å². The highest BCUT2D eigenvalue weighted by atomic mass is 16.3. The Labute approximate surface area is 273 Å². The van der Waals surface area contributed by atoms with Crippen LogP contribution in [0.2, 0.25) is 0 Å². The van der Waals surface area contributed by atoms with Crippen LogP contribution in [-0.4, -0.2) is 69.8 Å². The Morgan fingerprint density at radius 3 is 1.47 bits per heavy atom. The standard InChI is InChI=1S/C37H34N6O4/c1-2-42(17-20-44)25-32-5-3-7-34(38-32)36-23-30(29-11-9-27(10-12-29)28-13-15-31(41-47)16-14-28)24-37(40-36)35-8-4-6-33(39-35)26-43(18-21-45)19-22-46/h3-16,20-24H,2,17-19,25-26H2,1H3. The van der Waals surface area contributed by atoms with E-state index >= 15 is 0 Å². The molecule has 0 bridgehead atoms. The van der Waals surface area contributed by atoms with Gasteiger partial charge in [0.2, 0.25) is 0 Å². The van der Waals surface area contributed by atoms with Crippen molar-refractivity contribution in [1.29, 1.82) is 0 Å². The predicted molar refractivity (Wildman–Crippen MR) is 181 cm³/mol. The van der Waals surface area contributed by atoms with Crippen LogP contribution >= 0.6 is 0 Å². The van der Waals surface area contributed by atoms with E-state index in [9.17, 15) is 19.3 Å². The van der Waals surface area contributed by atoms with Gasteiger partial charge < -0.3 is 14.4 Å². The second-order valence-corrected chi connectivity index (χ2v) is 10.9. The van der Waals surface area contributed by atoms with Crippen LogP contribution in [0.4, 0.5) is 5.69 Å². The first kappa shape index (κ1) is 32.8. The highest BCUT2D eigenvalue weighted by molar-refractivity contribution is 5.77. The molecule has 0 saturated heterocycles. The van der Waals surface area contributed by atoms with Crippen LogP contribution in [0.3, 0.4) is 0 Å². The van der Waals surface area contributed by atoms with Gasteiger partial charge in [-0.2, -0.15) is 0 Å². The Kier molecular flexibility index (Phi) is 11.3. The lowest BCUT2D eigenvalue weighted by Gasteiger charge is -2.17. The first-order chi connectivity index (χ1) is 23.0. The molecule has 0 spiro atoms. The van der Waals surface area contributed by atoms with Gasteiger partial charge in [-0.05, 0) is 82.5 Å². The molecule has 236 valence electrons. The van der Waals surface area contributed by atoms with Gasteiger partial charge in [0.25, 0.3) is 0 Å². The van der Waals surface area contributed by atoms with E-state index in [1.165, 1.54) is 0 Å². The van der Waals surface area contributed by atoms with Crippen molar-refractivity contribution in [3.05, 3.63) is 113 Å². The molecule has 3 aromatic heterocycles. The van der Waals surface area contributed by atoms with Crippen molar-refractivity contribution in [3.8, 4) is 45.0 Å². The monoisotopic (exact) mass is 626 g/mol. The van der Waals surface area contributed by atoms with Crippen LogP contribution in [0.25, 0.3) is 45.0 Å². The predicted octanol–water partition coefficient (Wildman–Crippen LogP) is 6.16. The van der Waals surface area contributed by atoms with Gasteiger partial charge in [0.1, 0.15) is 24.5 Å². The van der Waals surface area contributed by atoms with Crippen molar-refractivity contribution in [2.75, 3.05) is 26.2 Å². The fourth-order valence-corrected chi connectivity index (χ4v) is 5.23. The van der Waals surface area contributed by atoms with Gasteiger partial charge in [0, 0.05) is 13.1 Å². The average molecular weight is 627 g/mol. The Balaban J connectivity index is 1.55. The fraction of sp³-hybridized carbons (Fsp3) is 0.189. The van der Waals surface area contributed by atoms with E-state index in [1.807, 2.05) is 96.8 Å². The van der Waals surface area contributed by atoms with Crippen molar-refractivity contribution in [1.82, 2.24) is 24.8 Å². The Hall–Kier alpha value is -5.58. The second-order valence-electron chi connectivity index (χ2n) is 10.9. The zero-order valence-corrected chi connectivity index (χ0v) is 26.0. The van der Waals surface area contributed by atoms with Gasteiger partial charge in [-0.3, -0.25) is 9.80 Å². The highest BCUT2D eigenvalue weighted by Crippen LogP contribution is 2.31. The average Bonchev–Trinajstić information content (AvgIpc) is 3.12. The van der Waals surface area contributed by atoms with Crippen molar-refractivity contribution < 1.29 is 14.4 Å². The number of likely N-dealkylation sites (N-methyl/N-ethyl adjacent to an activating group) is 1. The van der Waals surface area contributed by atoms with E-state index < -0.39 is 0 Å². The second kappa shape index (κ2) is 16.1. The molecule has 0 saturated carbocycles. The summed E-state index contributed by atoms with van der Waals surface area (Å²) in [5.41, 5.74) is 8.38. The van der Waals surface area contributed by atoms with Gasteiger partial charge in [-0.15, -0.1) is 4.91 Å². The highest BCUT2D eigenvalue weighted by Gasteiger charge is 2.14. The maximum Gasteiger partial charge on any atom is 0.134 e. The molecule has 10 nitrogen and oxygen atoms in total. The van der Waals surface area contributed by atoms with E-state index in [-0.39, 0.29) is 13.1 Å². The van der Waals surface area contributed by atoms with E-state index in [1.54, 1.807) is 17.0 Å². The van der Waals surface area contributed by atoms with Crippen LogP contribution in [0.1, 0.15) is 18.3 Å². The van der Waals surface area contributed by atoms with Gasteiger partial charge in [0.05, 0.1) is 53.8 Å². The summed E-state index contributed by atoms with van der Waals surface area (Å²) in [5.74, 6) is 0. The maximum absolute atomic E-state index is 11.1. The molecule has 5 rings (SSSR count). The Bertz CT molecular complexity index is 1830. The smallest absolute Gasteiger partial charge is 0.134 e. The number of carbonyl (C=O) groups excluding carboxylic acids is 3. The van der Waals surface area contributed by atoms with Crippen LogP contribution in [-0.2, 0) is 27.5 Å². The fourth-order valence-electron chi connectivity index (χ4n) is 5.23. The SMILES string of the molecule is CCN(CC=O)Cc1cccc(-c2cc(-c3ccc(-c4ccc(N=O)cc4)cc3)cc(-c3cccc(CN(CC=O)CC=O)n3)n2)n1. The van der Waals surface area contributed by atoms with Crippen LogP contribution < -0.4 is 0 Å². The Morgan fingerprint density at radius 1 is 0.553 bits per heavy atom. The molecule has 0 amide bonds. The quantitative estimate of drug-likeness (QED) is 0.0935. The number of nitrogens with zero attached hydrogens (tertiary/aromatic N) is 6. The minimum Gasteiger partial charge on any atom is -0.302 e. The summed E-state index contributed by atoms with van der Waals surface area (Å²) >= 11 is 0. The van der Waals surface area contributed by atoms with E-state index in [0.29, 0.717) is 53.8 Å². The zero-order valence-electron chi connectivity index (χ0n) is 26.0. The molecular weight excluding hydrogens is 592 g/mol. The van der Waals surface area contributed by atoms with Crippen molar-refractivity contribution in [3.63, 3.8) is 0 Å². The molecule has 3 heterocycles. The topological polar surface area (TPSA) is 126 Å². The first-order valence-electron chi connectivity index (χ1n) is 15.3. The molecule has 0 atom stereocenters. The van der Waals surface area contributed by atoms with Gasteiger partial charge in [0.15, 0.2) is 0 Å². The number of rotatable bonds is 16. The van der Waals surface area contributed by atoms with Crippen LogP contribution in [0.5, 0.6) is 0 Å². The zero-order chi connectivity index (χ0) is 33.0. The van der Waals surface area contributed by atoms with Crippen molar-refractivity contribution in [2.45, 2.75) is 20.0 Å². The third-order valence-electron chi connectivity index (χ3n) is 7.70. The number of carbonyl (C=O) groups is 3. The molecule has 47 heavy (non-hydrogen) atoms. The first-order valence-corrected chi connectivity index (χ1v) is 15.3. The van der Waals surface area contributed by atoms with Crippen LogP contribution in [0.15, 0.2) is 102 Å². The molecular formula is C37H34N6O4. The molecule has 5 aromatic rings. The number of aromatic nitrogens is 3. The summed E-state index contributed by atoms with van der Waals surface area (Å²) in [5, 5.41) is 2.98. The molecule has 0 unspecified atom stereocenters. The van der Waals surface area contributed by atoms with Gasteiger partial charge in [-0.25, -0.2) is 15.0 Å². The van der Waals surface area contributed by atoms with Crippen molar-refractivity contribution >= 4 is 24.5 Å². The summed E-state index contributed by atoms with van der Waals surface area (Å²) in [6, 6.07) is 30.6. The number of pyridine rings is 3. The largest absolute Gasteiger partial charge is 0.302 e. The third kappa shape index (κ3) is 8.57. The number of hydrogen-bond acceptors (Lipinski definition) is 10. The molecule has 0 aliphatic heterocycles. The summed E-state index contributed by atoms with van der Waals surface area (Å²) in [6.45, 7) is 4.17. The third-order valence-corrected chi connectivity index (χ3v) is 7.70. The minimum atomic E-state index is 0.126. The molecule has 10 heteroatoms. The number of nitroso groups, excluding NO2 is 1. The maximum atomic E-state index is 11.1. The summed E-state index contributed by atoms with van der Waals surface area (Å²) in [6.07, 6.45) is 2.44. The lowest BCUT2D eigenvalue weighted by molar-refractivity contribution is -0.111. The lowest BCUT2D eigenvalue weighted by atomic mass is 9.99. The lowest BCUT2D eigenvalue weighted by Crippen LogP contribution is -2.27. The molecule has 0 aliphatic rings. The summed E-state index contributed by atoms with van der Waals surface area (Å²) < 4.78 is 0. The number of benzene rings is 2. The molecule has 2 aromatic carbocycles. The van der Waals surface area contributed by atoms with E-state index in [2.05, 4.69) is 5.18 Å². The molecule has 0 fully saturated rings. The van der Waals surface area contributed by atoms with Crippen molar-refractivity contribution in [2.24, 2.45) is 5.18 Å². The normalized spacial score (nSPS) is 11.0. The Morgan fingerprint density at radius 2 is 1.00 bits per heavy atom. The van der Waals surface area contributed by atoms with E-state index in [0.717, 1.165) is 53.4 Å². The molecule has 0 radical (unpaired) electrons. The van der Waals surface area contributed by atoms with Gasteiger partial charge in [-0.1, -0.05) is 55.5 Å².